The standard InChI is InChI=1S/C21H19ClFN5O/c22-17-6-12(7-18(19(17)23)28-5-2-14(29)11-28)15-8-16(15)13-9-26-21(27-10-13)20-24-3-1-4-25-20/h1,3-4,6-7,9-10,14-16,29H,2,5,8,11H2/t14-,15-,16+/m0/s1. The highest BCUT2D eigenvalue weighted by molar-refractivity contribution is 6.31. The second kappa shape index (κ2) is 7.31. The summed E-state index contributed by atoms with van der Waals surface area (Å²) < 4.78 is 14.6. The lowest BCUT2D eigenvalue weighted by molar-refractivity contribution is 0.198. The maximum atomic E-state index is 14.6. The first-order valence-electron chi connectivity index (χ1n) is 9.61. The van der Waals surface area contributed by atoms with Gasteiger partial charge in [-0.3, -0.25) is 0 Å². The quantitative estimate of drug-likeness (QED) is 0.707. The molecule has 3 atom stereocenters. The zero-order chi connectivity index (χ0) is 20.0. The van der Waals surface area contributed by atoms with Crippen LogP contribution in [0.3, 0.4) is 0 Å². The van der Waals surface area contributed by atoms with Crippen molar-refractivity contribution in [2.45, 2.75) is 30.8 Å². The third kappa shape index (κ3) is 3.56. The Hall–Kier alpha value is -2.64. The second-order valence-electron chi connectivity index (χ2n) is 7.59. The second-order valence-corrected chi connectivity index (χ2v) is 7.99. The maximum absolute atomic E-state index is 14.6. The highest BCUT2D eigenvalue weighted by Gasteiger charge is 2.41. The SMILES string of the molecule is O[C@H]1CCN(c2cc([C@@H]3C[C@@H]3c3cnc(-c4ncccn4)nc3)cc(Cl)c2F)C1. The fourth-order valence-corrected chi connectivity index (χ4v) is 4.21. The van der Waals surface area contributed by atoms with E-state index in [0.717, 1.165) is 17.5 Å². The highest BCUT2D eigenvalue weighted by Crippen LogP contribution is 2.55. The monoisotopic (exact) mass is 411 g/mol. The van der Waals surface area contributed by atoms with Crippen molar-refractivity contribution in [1.29, 1.82) is 0 Å². The van der Waals surface area contributed by atoms with Crippen molar-refractivity contribution in [3.05, 3.63) is 65.0 Å². The van der Waals surface area contributed by atoms with Gasteiger partial charge in [-0.25, -0.2) is 24.3 Å². The van der Waals surface area contributed by atoms with Gasteiger partial charge in [-0.15, -0.1) is 0 Å². The van der Waals surface area contributed by atoms with Gasteiger partial charge < -0.3 is 10.0 Å². The van der Waals surface area contributed by atoms with Crippen LogP contribution < -0.4 is 4.90 Å². The van der Waals surface area contributed by atoms with Gasteiger partial charge in [0.1, 0.15) is 0 Å². The van der Waals surface area contributed by atoms with E-state index >= 15 is 0 Å². The topological polar surface area (TPSA) is 75.0 Å². The van der Waals surface area contributed by atoms with Crippen molar-refractivity contribution in [3.8, 4) is 11.6 Å². The van der Waals surface area contributed by atoms with Crippen LogP contribution >= 0.6 is 11.6 Å². The largest absolute Gasteiger partial charge is 0.391 e. The molecular weight excluding hydrogens is 393 g/mol. The van der Waals surface area contributed by atoms with Gasteiger partial charge in [-0.2, -0.15) is 0 Å². The van der Waals surface area contributed by atoms with Crippen molar-refractivity contribution in [2.24, 2.45) is 0 Å². The van der Waals surface area contributed by atoms with E-state index in [2.05, 4.69) is 19.9 Å². The molecule has 3 heterocycles. The van der Waals surface area contributed by atoms with Gasteiger partial charge in [0.2, 0.25) is 0 Å². The number of benzene rings is 1. The third-order valence-corrected chi connectivity index (χ3v) is 5.89. The zero-order valence-electron chi connectivity index (χ0n) is 15.5. The van der Waals surface area contributed by atoms with E-state index in [1.165, 1.54) is 0 Å². The van der Waals surface area contributed by atoms with E-state index in [9.17, 15) is 9.50 Å². The molecule has 1 N–H and O–H groups in total. The van der Waals surface area contributed by atoms with Crippen LogP contribution in [0.2, 0.25) is 5.02 Å². The Morgan fingerprint density at radius 3 is 2.38 bits per heavy atom. The predicted octanol–water partition coefficient (Wildman–Crippen LogP) is 3.57. The summed E-state index contributed by atoms with van der Waals surface area (Å²) in [5, 5.41) is 9.91. The van der Waals surface area contributed by atoms with Gasteiger partial charge >= 0.3 is 0 Å². The molecular formula is C21H19ClFN5O. The third-order valence-electron chi connectivity index (χ3n) is 5.62. The van der Waals surface area contributed by atoms with Crippen molar-refractivity contribution in [1.82, 2.24) is 19.9 Å². The van der Waals surface area contributed by atoms with Gasteiger partial charge in [0.05, 0.1) is 16.8 Å². The molecule has 1 aliphatic heterocycles. The molecule has 148 valence electrons. The molecule has 0 bridgehead atoms. The van der Waals surface area contributed by atoms with Crippen LogP contribution in [-0.4, -0.2) is 44.2 Å². The number of hydrogen-bond acceptors (Lipinski definition) is 6. The molecule has 2 fully saturated rings. The average molecular weight is 412 g/mol. The van der Waals surface area contributed by atoms with Crippen molar-refractivity contribution in [3.63, 3.8) is 0 Å². The molecule has 0 radical (unpaired) electrons. The van der Waals surface area contributed by atoms with Gasteiger partial charge in [0.15, 0.2) is 17.5 Å². The van der Waals surface area contributed by atoms with Crippen molar-refractivity contribution in [2.75, 3.05) is 18.0 Å². The Labute approximate surface area is 172 Å². The molecule has 8 heteroatoms. The molecule has 2 aromatic heterocycles. The van der Waals surface area contributed by atoms with Crippen LogP contribution in [0.1, 0.15) is 35.8 Å². The van der Waals surface area contributed by atoms with E-state index in [1.54, 1.807) is 24.5 Å². The summed E-state index contributed by atoms with van der Waals surface area (Å²) in [5.41, 5.74) is 2.52. The van der Waals surface area contributed by atoms with Crippen molar-refractivity contribution < 1.29 is 9.50 Å². The Balaban J connectivity index is 1.36. The number of hydrogen-bond donors (Lipinski definition) is 1. The summed E-state index contributed by atoms with van der Waals surface area (Å²) in [5.74, 6) is 1.10. The van der Waals surface area contributed by atoms with E-state index in [1.807, 2.05) is 23.4 Å². The van der Waals surface area contributed by atoms with Gasteiger partial charge in [0.25, 0.3) is 0 Å². The number of halogens is 2. The van der Waals surface area contributed by atoms with Crippen LogP contribution in [0.15, 0.2) is 43.0 Å². The summed E-state index contributed by atoms with van der Waals surface area (Å²) >= 11 is 6.19. The molecule has 29 heavy (non-hydrogen) atoms. The van der Waals surface area contributed by atoms with Crippen LogP contribution in [-0.2, 0) is 0 Å². The maximum Gasteiger partial charge on any atom is 0.197 e. The van der Waals surface area contributed by atoms with E-state index in [0.29, 0.717) is 36.8 Å². The van der Waals surface area contributed by atoms with Crippen LogP contribution in [0.5, 0.6) is 0 Å². The Kier molecular flexibility index (Phi) is 4.64. The first-order valence-corrected chi connectivity index (χ1v) is 9.99. The molecule has 0 unspecified atom stereocenters. The summed E-state index contributed by atoms with van der Waals surface area (Å²) in [6, 6.07) is 5.33. The van der Waals surface area contributed by atoms with Crippen LogP contribution in [0.25, 0.3) is 11.6 Å². The predicted molar refractivity (Wildman–Crippen MR) is 107 cm³/mol. The number of anilines is 1. The molecule has 3 aromatic rings. The lowest BCUT2D eigenvalue weighted by Gasteiger charge is -2.20. The lowest BCUT2D eigenvalue weighted by atomic mass is 10.1. The normalized spacial score (nSPS) is 23.4. The first kappa shape index (κ1) is 18.4. The summed E-state index contributed by atoms with van der Waals surface area (Å²) in [4.78, 5) is 19.0. The Morgan fingerprint density at radius 1 is 1.00 bits per heavy atom. The fourth-order valence-electron chi connectivity index (χ4n) is 3.99. The number of β-amino-alcohol motifs (C(OH)–C–C–N with tert-alkyl or cyclic N) is 1. The first-order chi connectivity index (χ1) is 14.1. The number of aliphatic hydroxyl groups excluding tert-OH is 1. The minimum Gasteiger partial charge on any atom is -0.391 e. The van der Waals surface area contributed by atoms with Crippen LogP contribution in [0.4, 0.5) is 10.1 Å². The summed E-state index contributed by atoms with van der Waals surface area (Å²) in [7, 11) is 0. The van der Waals surface area contributed by atoms with Gasteiger partial charge in [-0.1, -0.05) is 11.6 Å². The minimum absolute atomic E-state index is 0.123. The van der Waals surface area contributed by atoms with Gasteiger partial charge in [-0.05, 0) is 54.0 Å². The van der Waals surface area contributed by atoms with E-state index in [4.69, 9.17) is 11.6 Å². The van der Waals surface area contributed by atoms with Crippen LogP contribution in [0, 0.1) is 5.82 Å². The van der Waals surface area contributed by atoms with Crippen molar-refractivity contribution >= 4 is 17.3 Å². The molecule has 0 spiro atoms. The van der Waals surface area contributed by atoms with E-state index in [-0.39, 0.29) is 16.9 Å². The molecule has 6 nitrogen and oxygen atoms in total. The summed E-state index contributed by atoms with van der Waals surface area (Å²) in [6.45, 7) is 1.06. The average Bonchev–Trinajstić information content (AvgIpc) is 3.44. The summed E-state index contributed by atoms with van der Waals surface area (Å²) in [6.07, 6.45) is 8.10. The van der Waals surface area contributed by atoms with Gasteiger partial charge in [0, 0.05) is 37.9 Å². The fraction of sp³-hybridized carbons (Fsp3) is 0.333. The molecule has 2 aliphatic rings. The number of aliphatic hydroxyl groups is 1. The van der Waals surface area contributed by atoms with E-state index < -0.39 is 11.9 Å². The smallest absolute Gasteiger partial charge is 0.197 e. The molecule has 1 saturated heterocycles. The zero-order valence-corrected chi connectivity index (χ0v) is 16.3. The molecule has 5 rings (SSSR count). The lowest BCUT2D eigenvalue weighted by Crippen LogP contribution is -2.22. The minimum atomic E-state index is -0.422. The highest BCUT2D eigenvalue weighted by atomic mass is 35.5. The molecule has 1 saturated carbocycles. The molecule has 0 amide bonds. The Morgan fingerprint density at radius 2 is 1.69 bits per heavy atom. The molecule has 1 aliphatic carbocycles. The Bertz CT molecular complexity index is 1030. The number of nitrogens with zero attached hydrogens (tertiary/aromatic N) is 5. The molecule has 1 aromatic carbocycles. The number of rotatable bonds is 4. The number of aromatic nitrogens is 4.